The zero-order valence-corrected chi connectivity index (χ0v) is 12.5. The maximum atomic E-state index is 6.27. The van der Waals surface area contributed by atoms with E-state index in [1.165, 1.54) is 30.4 Å². The molecule has 0 aromatic heterocycles. The second-order valence-corrected chi connectivity index (χ2v) is 5.56. The smallest absolute Gasteiger partial charge is 0.0484 e. The molecule has 0 aliphatic carbocycles. The molecule has 0 N–H and O–H groups in total. The third kappa shape index (κ3) is 3.61. The Kier molecular flexibility index (Phi) is 5.04. The van der Waals surface area contributed by atoms with Gasteiger partial charge in [0.15, 0.2) is 0 Å². The minimum atomic E-state index is 0.613. The van der Waals surface area contributed by atoms with Crippen molar-refractivity contribution in [1.82, 2.24) is 0 Å². The van der Waals surface area contributed by atoms with Crippen molar-refractivity contribution in [2.45, 2.75) is 39.0 Å². The highest BCUT2D eigenvalue weighted by molar-refractivity contribution is 6.33. The summed E-state index contributed by atoms with van der Waals surface area (Å²) in [6, 6.07) is 16.8. The van der Waals surface area contributed by atoms with Crippen LogP contribution in [0.3, 0.4) is 0 Å². The average molecular weight is 273 g/mol. The van der Waals surface area contributed by atoms with Crippen LogP contribution in [0.15, 0.2) is 48.5 Å². The first-order valence-electron chi connectivity index (χ1n) is 7.07. The molecule has 100 valence electrons. The highest BCUT2D eigenvalue weighted by Crippen LogP contribution is 2.30. The van der Waals surface area contributed by atoms with E-state index in [9.17, 15) is 0 Å². The maximum Gasteiger partial charge on any atom is 0.0484 e. The lowest BCUT2D eigenvalue weighted by Gasteiger charge is -2.13. The van der Waals surface area contributed by atoms with E-state index in [0.717, 1.165) is 10.6 Å². The minimum absolute atomic E-state index is 0.613. The molecule has 0 bridgehead atoms. The molecule has 2 rings (SSSR count). The molecule has 0 amide bonds. The van der Waals surface area contributed by atoms with Crippen LogP contribution in [0.25, 0.3) is 11.1 Å². The predicted octanol–water partition coefficient (Wildman–Crippen LogP) is 6.30. The zero-order valence-electron chi connectivity index (χ0n) is 11.7. The molecule has 0 aliphatic rings. The third-order valence-corrected chi connectivity index (χ3v) is 3.96. The molecule has 0 aliphatic heterocycles. The first-order chi connectivity index (χ1) is 9.22. The van der Waals surface area contributed by atoms with Gasteiger partial charge in [0.1, 0.15) is 0 Å². The van der Waals surface area contributed by atoms with E-state index in [4.69, 9.17) is 11.6 Å². The maximum absolute atomic E-state index is 6.27. The molecule has 2 aromatic rings. The molecule has 1 atom stereocenters. The fraction of sp³-hybridized carbons (Fsp3) is 0.333. The van der Waals surface area contributed by atoms with E-state index in [1.54, 1.807) is 0 Å². The monoisotopic (exact) mass is 272 g/mol. The van der Waals surface area contributed by atoms with Gasteiger partial charge >= 0.3 is 0 Å². The number of hydrogen-bond donors (Lipinski definition) is 0. The second-order valence-electron chi connectivity index (χ2n) is 5.15. The number of benzene rings is 2. The highest BCUT2D eigenvalue weighted by atomic mass is 35.5. The molecule has 0 spiro atoms. The van der Waals surface area contributed by atoms with Gasteiger partial charge in [-0.3, -0.25) is 0 Å². The molecule has 0 nitrogen and oxygen atoms in total. The second kappa shape index (κ2) is 6.77. The summed E-state index contributed by atoms with van der Waals surface area (Å²) in [5.74, 6) is 0.613. The predicted molar refractivity (Wildman–Crippen MR) is 84.8 cm³/mol. The molecule has 0 fully saturated rings. The molecule has 1 heteroatoms. The fourth-order valence-corrected chi connectivity index (χ4v) is 2.63. The number of halogens is 1. The van der Waals surface area contributed by atoms with Gasteiger partial charge in [0, 0.05) is 10.6 Å². The van der Waals surface area contributed by atoms with Gasteiger partial charge in [-0.2, -0.15) is 0 Å². The van der Waals surface area contributed by atoms with Crippen molar-refractivity contribution in [2.75, 3.05) is 0 Å². The topological polar surface area (TPSA) is 0 Å². The Hall–Kier alpha value is -1.27. The number of rotatable bonds is 5. The third-order valence-electron chi connectivity index (χ3n) is 3.63. The van der Waals surface area contributed by atoms with Crippen LogP contribution in [0.2, 0.25) is 5.02 Å². The van der Waals surface area contributed by atoms with Gasteiger partial charge in [-0.25, -0.2) is 0 Å². The van der Waals surface area contributed by atoms with Crippen LogP contribution >= 0.6 is 11.6 Å². The Balaban J connectivity index is 2.27. The Bertz CT molecular complexity index is 531. The van der Waals surface area contributed by atoms with Crippen molar-refractivity contribution < 1.29 is 0 Å². The first-order valence-corrected chi connectivity index (χ1v) is 7.45. The molecule has 19 heavy (non-hydrogen) atoms. The van der Waals surface area contributed by atoms with Crippen LogP contribution in [-0.2, 0) is 0 Å². The van der Waals surface area contributed by atoms with Crippen molar-refractivity contribution in [3.8, 4) is 11.1 Å². The first kappa shape index (κ1) is 14.1. The Morgan fingerprint density at radius 3 is 2.58 bits per heavy atom. The lowest BCUT2D eigenvalue weighted by Crippen LogP contribution is -1.94. The largest absolute Gasteiger partial charge is 0.0837 e. The summed E-state index contributed by atoms with van der Waals surface area (Å²) in [5, 5.41) is 0.820. The lowest BCUT2D eigenvalue weighted by molar-refractivity contribution is 0.624. The number of hydrogen-bond acceptors (Lipinski definition) is 0. The summed E-state index contributed by atoms with van der Waals surface area (Å²) >= 11 is 6.27. The normalized spacial score (nSPS) is 12.4. The van der Waals surface area contributed by atoms with Crippen LogP contribution < -0.4 is 0 Å². The Morgan fingerprint density at radius 2 is 1.84 bits per heavy atom. The van der Waals surface area contributed by atoms with E-state index in [0.29, 0.717) is 5.92 Å². The van der Waals surface area contributed by atoms with Crippen molar-refractivity contribution >= 4 is 11.6 Å². The quantitative estimate of drug-likeness (QED) is 0.599. The molecular weight excluding hydrogens is 252 g/mol. The van der Waals surface area contributed by atoms with E-state index in [2.05, 4.69) is 44.2 Å². The molecule has 1 unspecified atom stereocenters. The lowest BCUT2D eigenvalue weighted by atomic mass is 9.93. The van der Waals surface area contributed by atoms with Crippen LogP contribution in [0.1, 0.15) is 44.6 Å². The molecule has 0 heterocycles. The van der Waals surface area contributed by atoms with Crippen LogP contribution in [0, 0.1) is 0 Å². The van der Waals surface area contributed by atoms with Gasteiger partial charge in [-0.1, -0.05) is 80.8 Å². The Morgan fingerprint density at radius 1 is 1.05 bits per heavy atom. The average Bonchev–Trinajstić information content (AvgIpc) is 2.45. The standard InChI is InChI=1S/C18H21Cl/c1-3-4-8-14(2)15-9-7-10-16(13-15)17-11-5-6-12-18(17)19/h5-7,9-14H,3-4,8H2,1-2H3. The molecular formula is C18H21Cl. The summed E-state index contributed by atoms with van der Waals surface area (Å²) in [6.07, 6.45) is 3.80. The summed E-state index contributed by atoms with van der Waals surface area (Å²) in [4.78, 5) is 0. The number of unbranched alkanes of at least 4 members (excludes halogenated alkanes) is 1. The van der Waals surface area contributed by atoms with Crippen LogP contribution in [0.5, 0.6) is 0 Å². The summed E-state index contributed by atoms with van der Waals surface area (Å²) in [7, 11) is 0. The van der Waals surface area contributed by atoms with Crippen molar-refractivity contribution in [2.24, 2.45) is 0 Å². The molecule has 0 saturated carbocycles. The van der Waals surface area contributed by atoms with Gasteiger partial charge in [0.05, 0.1) is 0 Å². The summed E-state index contributed by atoms with van der Waals surface area (Å²) < 4.78 is 0. The fourth-order valence-electron chi connectivity index (χ4n) is 2.39. The highest BCUT2D eigenvalue weighted by Gasteiger charge is 2.08. The SMILES string of the molecule is CCCCC(C)c1cccc(-c2ccccc2Cl)c1. The molecule has 0 radical (unpaired) electrons. The van der Waals surface area contributed by atoms with E-state index < -0.39 is 0 Å². The van der Waals surface area contributed by atoms with Crippen molar-refractivity contribution in [3.05, 3.63) is 59.1 Å². The van der Waals surface area contributed by atoms with Crippen LogP contribution in [0.4, 0.5) is 0 Å². The van der Waals surface area contributed by atoms with Gasteiger partial charge in [-0.05, 0) is 29.5 Å². The molecule has 0 saturated heterocycles. The van der Waals surface area contributed by atoms with E-state index >= 15 is 0 Å². The van der Waals surface area contributed by atoms with Gasteiger partial charge < -0.3 is 0 Å². The van der Waals surface area contributed by atoms with Crippen molar-refractivity contribution in [1.29, 1.82) is 0 Å². The summed E-state index contributed by atoms with van der Waals surface area (Å²) in [6.45, 7) is 4.55. The van der Waals surface area contributed by atoms with Gasteiger partial charge in [0.2, 0.25) is 0 Å². The minimum Gasteiger partial charge on any atom is -0.0837 e. The summed E-state index contributed by atoms with van der Waals surface area (Å²) in [5.41, 5.74) is 3.74. The van der Waals surface area contributed by atoms with E-state index in [-0.39, 0.29) is 0 Å². The van der Waals surface area contributed by atoms with Gasteiger partial charge in [0.25, 0.3) is 0 Å². The van der Waals surface area contributed by atoms with Crippen molar-refractivity contribution in [3.63, 3.8) is 0 Å². The Labute approximate surface area is 121 Å². The molecule has 2 aromatic carbocycles. The van der Waals surface area contributed by atoms with E-state index in [1.807, 2.05) is 18.2 Å². The zero-order chi connectivity index (χ0) is 13.7. The van der Waals surface area contributed by atoms with Crippen LogP contribution in [-0.4, -0.2) is 0 Å². The van der Waals surface area contributed by atoms with Gasteiger partial charge in [-0.15, -0.1) is 0 Å².